The van der Waals surface area contributed by atoms with E-state index in [4.69, 9.17) is 20.4 Å². The molecular weight excluding hydrogens is 176 g/mol. The fraction of sp³-hybridized carbons (Fsp3) is 0.333. The standard InChI is InChI=1S/CH3Br.2CHNO/c1-2;2*2-1-3/h1H3;2*2H. The lowest BCUT2D eigenvalue weighted by Gasteiger charge is -1.05. The maximum absolute atomic E-state index is 8.35. The van der Waals surface area contributed by atoms with Crippen LogP contribution in [-0.2, 0) is 9.59 Å². The molecule has 0 aromatic heterocycles. The second kappa shape index (κ2) is 111. The Labute approximate surface area is 55.0 Å². The largest absolute Gasteiger partial charge is 0.231 e. The topological polar surface area (TPSA) is 81.8 Å². The van der Waals surface area contributed by atoms with Gasteiger partial charge in [0.25, 0.3) is 0 Å². The summed E-state index contributed by atoms with van der Waals surface area (Å²) in [5.41, 5.74) is 0. The molecule has 0 saturated carbocycles. The quantitative estimate of drug-likeness (QED) is 0.329. The Bertz CT molecular complexity index is 69.3. The van der Waals surface area contributed by atoms with Crippen molar-refractivity contribution in [1.82, 2.24) is 0 Å². The molecule has 0 bridgehead atoms. The van der Waals surface area contributed by atoms with Crippen LogP contribution in [0, 0.1) is 10.8 Å². The molecule has 5 heteroatoms. The first-order valence-corrected chi connectivity index (χ1v) is 2.87. The summed E-state index contributed by atoms with van der Waals surface area (Å²) in [6, 6.07) is 0. The molecule has 0 unspecified atom stereocenters. The van der Waals surface area contributed by atoms with Crippen LogP contribution in [-0.4, -0.2) is 18.0 Å². The van der Waals surface area contributed by atoms with Gasteiger partial charge in [-0.1, -0.05) is 15.9 Å². The Hall–Kier alpha value is -0.760. The van der Waals surface area contributed by atoms with Gasteiger partial charge in [-0.2, -0.15) is 0 Å². The smallest absolute Gasteiger partial charge is 0.222 e. The number of hydrogen-bond acceptors (Lipinski definition) is 4. The highest BCUT2D eigenvalue weighted by Gasteiger charge is 1.04. The van der Waals surface area contributed by atoms with Crippen LogP contribution in [0.4, 0.5) is 0 Å². The van der Waals surface area contributed by atoms with E-state index in [9.17, 15) is 0 Å². The van der Waals surface area contributed by atoms with Crippen LogP contribution >= 0.6 is 15.9 Å². The van der Waals surface area contributed by atoms with Gasteiger partial charge in [0.1, 0.15) is 0 Å². The molecule has 0 heterocycles. The van der Waals surface area contributed by atoms with Gasteiger partial charge in [-0.25, -0.2) is 20.4 Å². The number of hydrogen-bond donors (Lipinski definition) is 2. The van der Waals surface area contributed by atoms with Crippen LogP contribution in [0.2, 0.25) is 0 Å². The van der Waals surface area contributed by atoms with Crippen LogP contribution in [0.3, 0.4) is 0 Å². The van der Waals surface area contributed by atoms with Gasteiger partial charge in [-0.3, -0.25) is 0 Å². The normalized spacial score (nSPS) is 2.75. The minimum absolute atomic E-state index is 0.750. The minimum Gasteiger partial charge on any atom is -0.222 e. The molecule has 0 aliphatic carbocycles. The molecular formula is C3H5BrN2O2. The number of halogens is 1. The fourth-order valence-electron chi connectivity index (χ4n) is 0. The first kappa shape index (κ1) is 15.7. The van der Waals surface area contributed by atoms with E-state index in [1.165, 1.54) is 0 Å². The van der Waals surface area contributed by atoms with Crippen molar-refractivity contribution in [3.8, 4) is 0 Å². The lowest BCUT2D eigenvalue weighted by molar-refractivity contribution is 0.562. The molecule has 0 aromatic rings. The molecule has 0 radical (unpaired) electrons. The van der Waals surface area contributed by atoms with Crippen molar-refractivity contribution in [3.05, 3.63) is 0 Å². The number of nitrogens with one attached hydrogen (secondary N) is 2. The zero-order chi connectivity index (χ0) is 7.41. The van der Waals surface area contributed by atoms with Crippen molar-refractivity contribution in [2.45, 2.75) is 0 Å². The summed E-state index contributed by atoms with van der Waals surface area (Å²) in [6.07, 6.45) is 1.50. The van der Waals surface area contributed by atoms with Crippen LogP contribution < -0.4 is 0 Å². The van der Waals surface area contributed by atoms with E-state index in [1.807, 2.05) is 5.83 Å². The lowest BCUT2D eigenvalue weighted by atomic mass is 11.7. The summed E-state index contributed by atoms with van der Waals surface area (Å²) < 4.78 is 0. The van der Waals surface area contributed by atoms with Crippen molar-refractivity contribution in [2.75, 3.05) is 5.83 Å². The van der Waals surface area contributed by atoms with Gasteiger partial charge in [-0.15, -0.1) is 0 Å². The number of carbonyl (C=O) groups excluding carboxylic acids is 2. The second-order valence-corrected chi connectivity index (χ2v) is 0.204. The Morgan fingerprint density at radius 1 is 1.12 bits per heavy atom. The van der Waals surface area contributed by atoms with E-state index in [2.05, 4.69) is 15.9 Å². The maximum Gasteiger partial charge on any atom is 0.231 e. The van der Waals surface area contributed by atoms with Gasteiger partial charge in [0.05, 0.1) is 0 Å². The molecule has 0 atom stereocenters. The average molecular weight is 181 g/mol. The summed E-state index contributed by atoms with van der Waals surface area (Å²) in [6.45, 7) is 0. The fourth-order valence-corrected chi connectivity index (χ4v) is 0. The maximum atomic E-state index is 8.35. The third-order valence-electron chi connectivity index (χ3n) is 0. The molecule has 0 aromatic carbocycles. The molecule has 0 amide bonds. The van der Waals surface area contributed by atoms with Crippen LogP contribution in [0.5, 0.6) is 0 Å². The van der Waals surface area contributed by atoms with E-state index in [0.29, 0.717) is 0 Å². The van der Waals surface area contributed by atoms with E-state index in [0.717, 1.165) is 12.2 Å². The van der Waals surface area contributed by atoms with E-state index >= 15 is 0 Å². The summed E-state index contributed by atoms with van der Waals surface area (Å²) in [5.74, 6) is 1.81. The van der Waals surface area contributed by atoms with Gasteiger partial charge < -0.3 is 0 Å². The SMILES string of the molecule is CBr.N=C=O.N=C=O. The minimum atomic E-state index is 0.750. The molecule has 8 heavy (non-hydrogen) atoms. The van der Waals surface area contributed by atoms with Gasteiger partial charge in [0, 0.05) is 0 Å². The number of alkyl halides is 1. The summed E-state index contributed by atoms with van der Waals surface area (Å²) in [4.78, 5) is 16.7. The molecule has 0 saturated heterocycles. The van der Waals surface area contributed by atoms with Crippen LogP contribution in [0.25, 0.3) is 0 Å². The zero-order valence-corrected chi connectivity index (χ0v) is 5.78. The highest BCUT2D eigenvalue weighted by molar-refractivity contribution is 9.08. The first-order chi connectivity index (χ1) is 3.83. The zero-order valence-electron chi connectivity index (χ0n) is 4.19. The molecule has 2 N–H and O–H groups in total. The van der Waals surface area contributed by atoms with E-state index in [-0.39, 0.29) is 0 Å². The second-order valence-electron chi connectivity index (χ2n) is 0.204. The van der Waals surface area contributed by atoms with E-state index < -0.39 is 0 Å². The molecule has 46 valence electrons. The number of isocyanates is 2. The Morgan fingerprint density at radius 2 is 1.12 bits per heavy atom. The predicted molar refractivity (Wildman–Crippen MR) is 31.7 cm³/mol. The average Bonchev–Trinajstić information content (AvgIpc) is 1.75. The van der Waals surface area contributed by atoms with Crippen molar-refractivity contribution in [2.24, 2.45) is 0 Å². The third-order valence-corrected chi connectivity index (χ3v) is 0. The summed E-state index contributed by atoms with van der Waals surface area (Å²) >= 11 is 2.94. The number of rotatable bonds is 0. The van der Waals surface area contributed by atoms with Crippen molar-refractivity contribution >= 4 is 28.1 Å². The van der Waals surface area contributed by atoms with Gasteiger partial charge in [0.15, 0.2) is 0 Å². The summed E-state index contributed by atoms with van der Waals surface area (Å²) in [7, 11) is 0. The van der Waals surface area contributed by atoms with Crippen molar-refractivity contribution in [1.29, 1.82) is 10.8 Å². The summed E-state index contributed by atoms with van der Waals surface area (Å²) in [5, 5.41) is 10.8. The first-order valence-electron chi connectivity index (χ1n) is 1.29. The highest BCUT2D eigenvalue weighted by atomic mass is 79.9. The van der Waals surface area contributed by atoms with Gasteiger partial charge in [0.2, 0.25) is 12.2 Å². The molecule has 4 nitrogen and oxygen atoms in total. The lowest BCUT2D eigenvalue weighted by Crippen LogP contribution is -1.16. The van der Waals surface area contributed by atoms with E-state index in [1.54, 1.807) is 0 Å². The Kier molecular flexibility index (Phi) is 218. The Morgan fingerprint density at radius 3 is 1.12 bits per heavy atom. The van der Waals surface area contributed by atoms with Gasteiger partial charge in [-0.05, 0) is 5.83 Å². The molecule has 0 aliphatic heterocycles. The molecule has 0 aliphatic rings. The molecule has 0 rings (SSSR count). The third kappa shape index (κ3) is 163. The molecule has 0 spiro atoms. The van der Waals surface area contributed by atoms with Crippen molar-refractivity contribution in [3.63, 3.8) is 0 Å². The monoisotopic (exact) mass is 180 g/mol. The van der Waals surface area contributed by atoms with Gasteiger partial charge >= 0.3 is 0 Å². The Balaban J connectivity index is -0.0000000483. The predicted octanol–water partition coefficient (Wildman–Crippen LogP) is 0.813. The van der Waals surface area contributed by atoms with Crippen molar-refractivity contribution < 1.29 is 9.59 Å². The van der Waals surface area contributed by atoms with Crippen LogP contribution in [0.1, 0.15) is 0 Å². The highest BCUT2D eigenvalue weighted by Crippen LogP contribution is 1.45. The molecule has 0 fully saturated rings. The van der Waals surface area contributed by atoms with Crippen LogP contribution in [0.15, 0.2) is 0 Å².